The second-order valence-corrected chi connectivity index (χ2v) is 5.17. The Bertz CT molecular complexity index is 467. The second kappa shape index (κ2) is 5.94. The quantitative estimate of drug-likeness (QED) is 0.891. The summed E-state index contributed by atoms with van der Waals surface area (Å²) in [5, 5.41) is 9.21. The summed E-state index contributed by atoms with van der Waals surface area (Å²) in [5.74, 6) is 0.895. The number of benzene rings is 1. The van der Waals surface area contributed by atoms with Gasteiger partial charge in [0.25, 0.3) is 0 Å². The average molecular weight is 269 g/mol. The largest absolute Gasteiger partial charge is 0.493 e. The second-order valence-electron chi connectivity index (χ2n) is 4.76. The molecule has 1 aromatic rings. The smallest absolute Gasteiger partial charge is 0.179 e. The fraction of sp³-hybridized carbons (Fsp3) is 0.462. The summed E-state index contributed by atoms with van der Waals surface area (Å²) in [6.07, 6.45) is 0. The number of hydrogen-bond acceptors (Lipinski definition) is 4. The molecular formula is C13H17ClN2O2. The molecule has 0 radical (unpaired) electrons. The van der Waals surface area contributed by atoms with Gasteiger partial charge < -0.3 is 15.2 Å². The zero-order valence-electron chi connectivity index (χ0n) is 10.8. The Labute approximate surface area is 112 Å². The van der Waals surface area contributed by atoms with E-state index < -0.39 is 0 Å². The lowest BCUT2D eigenvalue weighted by atomic mass is 9.95. The molecular weight excluding hydrogens is 252 g/mol. The molecule has 98 valence electrons. The number of nitrogens with zero attached hydrogens (tertiary/aromatic N) is 1. The van der Waals surface area contributed by atoms with Gasteiger partial charge in [0.2, 0.25) is 0 Å². The van der Waals surface area contributed by atoms with Crippen LogP contribution in [0.15, 0.2) is 12.1 Å². The van der Waals surface area contributed by atoms with Crippen LogP contribution in [-0.4, -0.2) is 20.3 Å². The van der Waals surface area contributed by atoms with E-state index in [1.807, 2.05) is 19.9 Å². The lowest BCUT2D eigenvalue weighted by molar-refractivity contribution is 0.181. The monoisotopic (exact) mass is 268 g/mol. The molecule has 0 amide bonds. The maximum atomic E-state index is 8.85. The summed E-state index contributed by atoms with van der Waals surface area (Å²) in [6, 6.07) is 5.16. The van der Waals surface area contributed by atoms with Gasteiger partial charge in [-0.3, -0.25) is 0 Å². The Balaban J connectivity index is 2.99. The van der Waals surface area contributed by atoms with Crippen molar-refractivity contribution in [2.45, 2.75) is 13.8 Å². The Morgan fingerprint density at radius 3 is 2.61 bits per heavy atom. The number of rotatable bonds is 5. The van der Waals surface area contributed by atoms with Crippen LogP contribution in [0.2, 0.25) is 5.02 Å². The van der Waals surface area contributed by atoms with E-state index in [1.54, 1.807) is 12.1 Å². The van der Waals surface area contributed by atoms with Crippen molar-refractivity contribution in [1.29, 1.82) is 5.26 Å². The van der Waals surface area contributed by atoms with Crippen molar-refractivity contribution < 1.29 is 9.47 Å². The summed E-state index contributed by atoms with van der Waals surface area (Å²) in [6.45, 7) is 4.92. The maximum Gasteiger partial charge on any atom is 0.179 e. The zero-order valence-corrected chi connectivity index (χ0v) is 11.5. The number of nitriles is 1. The van der Waals surface area contributed by atoms with Crippen LogP contribution in [0.3, 0.4) is 0 Å². The van der Waals surface area contributed by atoms with E-state index in [0.29, 0.717) is 35.2 Å². The van der Waals surface area contributed by atoms with E-state index in [2.05, 4.69) is 0 Å². The highest BCUT2D eigenvalue weighted by Gasteiger charge is 2.19. The van der Waals surface area contributed by atoms with Crippen molar-refractivity contribution in [3.05, 3.63) is 22.7 Å². The van der Waals surface area contributed by atoms with Gasteiger partial charge in [0.15, 0.2) is 11.5 Å². The molecule has 0 bridgehead atoms. The summed E-state index contributed by atoms with van der Waals surface area (Å²) < 4.78 is 10.8. The number of hydrogen-bond donors (Lipinski definition) is 1. The van der Waals surface area contributed by atoms with Gasteiger partial charge in [-0.1, -0.05) is 25.4 Å². The van der Waals surface area contributed by atoms with Crippen LogP contribution in [0.25, 0.3) is 0 Å². The van der Waals surface area contributed by atoms with Crippen LogP contribution in [0.5, 0.6) is 11.5 Å². The lowest BCUT2D eigenvalue weighted by Gasteiger charge is -2.23. The standard InChI is InChI=1S/C13H17ClN2O2/c1-13(2,7-16)8-18-12-10(14)4-9(6-15)5-11(12)17-3/h4-5H,7-8,16H2,1-3H3. The number of nitrogens with two attached hydrogens (primary N) is 1. The SMILES string of the molecule is COc1cc(C#N)cc(Cl)c1OCC(C)(C)CN. The highest BCUT2D eigenvalue weighted by molar-refractivity contribution is 6.32. The van der Waals surface area contributed by atoms with E-state index in [1.165, 1.54) is 7.11 Å². The van der Waals surface area contributed by atoms with Crippen molar-refractivity contribution in [2.75, 3.05) is 20.3 Å². The molecule has 0 saturated carbocycles. The molecule has 0 aromatic heterocycles. The van der Waals surface area contributed by atoms with Crippen molar-refractivity contribution in [1.82, 2.24) is 0 Å². The molecule has 0 fully saturated rings. The summed E-state index contributed by atoms with van der Waals surface area (Å²) >= 11 is 6.08. The van der Waals surface area contributed by atoms with Gasteiger partial charge in [0, 0.05) is 18.0 Å². The van der Waals surface area contributed by atoms with Crippen LogP contribution >= 0.6 is 11.6 Å². The van der Waals surface area contributed by atoms with Crippen LogP contribution in [-0.2, 0) is 0 Å². The molecule has 1 aromatic carbocycles. The third-order valence-electron chi connectivity index (χ3n) is 2.52. The average Bonchev–Trinajstić information content (AvgIpc) is 2.36. The predicted molar refractivity (Wildman–Crippen MR) is 71.0 cm³/mol. The fourth-order valence-corrected chi connectivity index (χ4v) is 1.52. The Kier molecular flexibility index (Phi) is 4.83. The van der Waals surface area contributed by atoms with Crippen LogP contribution < -0.4 is 15.2 Å². The molecule has 0 atom stereocenters. The van der Waals surface area contributed by atoms with Crippen LogP contribution in [0.1, 0.15) is 19.4 Å². The molecule has 0 spiro atoms. The minimum atomic E-state index is -0.151. The highest BCUT2D eigenvalue weighted by Crippen LogP contribution is 2.37. The van der Waals surface area contributed by atoms with E-state index >= 15 is 0 Å². The first-order chi connectivity index (χ1) is 8.43. The van der Waals surface area contributed by atoms with Gasteiger partial charge in [-0.2, -0.15) is 5.26 Å². The maximum absolute atomic E-state index is 8.85. The Morgan fingerprint density at radius 2 is 2.11 bits per heavy atom. The number of ether oxygens (including phenoxy) is 2. The van der Waals surface area contributed by atoms with E-state index in [0.717, 1.165) is 0 Å². The minimum absolute atomic E-state index is 0.151. The van der Waals surface area contributed by atoms with Crippen molar-refractivity contribution in [3.8, 4) is 17.6 Å². The zero-order chi connectivity index (χ0) is 13.8. The first-order valence-corrected chi connectivity index (χ1v) is 5.92. The molecule has 0 saturated heterocycles. The molecule has 18 heavy (non-hydrogen) atoms. The highest BCUT2D eigenvalue weighted by atomic mass is 35.5. The van der Waals surface area contributed by atoms with Crippen molar-refractivity contribution in [2.24, 2.45) is 11.1 Å². The van der Waals surface area contributed by atoms with E-state index in [-0.39, 0.29) is 5.41 Å². The molecule has 0 aliphatic heterocycles. The van der Waals surface area contributed by atoms with Gasteiger partial charge >= 0.3 is 0 Å². The topological polar surface area (TPSA) is 68.3 Å². The predicted octanol–water partition coefficient (Wildman–Crippen LogP) is 2.58. The number of halogens is 1. The summed E-state index contributed by atoms with van der Waals surface area (Å²) in [4.78, 5) is 0. The molecule has 0 aliphatic rings. The molecule has 4 nitrogen and oxygen atoms in total. The van der Waals surface area contributed by atoms with Gasteiger partial charge in [-0.25, -0.2) is 0 Å². The van der Waals surface area contributed by atoms with Crippen molar-refractivity contribution in [3.63, 3.8) is 0 Å². The van der Waals surface area contributed by atoms with E-state index in [4.69, 9.17) is 32.1 Å². The van der Waals surface area contributed by atoms with Gasteiger partial charge in [0.1, 0.15) is 0 Å². The molecule has 0 aliphatic carbocycles. The molecule has 1 rings (SSSR count). The normalized spacial score (nSPS) is 10.9. The lowest BCUT2D eigenvalue weighted by Crippen LogP contribution is -2.30. The first-order valence-electron chi connectivity index (χ1n) is 5.54. The number of methoxy groups -OCH3 is 1. The molecule has 2 N–H and O–H groups in total. The summed E-state index contributed by atoms with van der Waals surface area (Å²) in [5.41, 5.74) is 5.92. The fourth-order valence-electron chi connectivity index (χ4n) is 1.25. The third kappa shape index (κ3) is 3.52. The molecule has 5 heteroatoms. The van der Waals surface area contributed by atoms with Gasteiger partial charge in [-0.05, 0) is 6.07 Å². The Morgan fingerprint density at radius 1 is 1.44 bits per heavy atom. The van der Waals surface area contributed by atoms with E-state index in [9.17, 15) is 0 Å². The summed E-state index contributed by atoms with van der Waals surface area (Å²) in [7, 11) is 1.51. The van der Waals surface area contributed by atoms with Gasteiger partial charge in [0.05, 0.1) is 30.4 Å². The molecule has 0 unspecified atom stereocenters. The van der Waals surface area contributed by atoms with Crippen LogP contribution in [0, 0.1) is 16.7 Å². The van der Waals surface area contributed by atoms with Gasteiger partial charge in [-0.15, -0.1) is 0 Å². The minimum Gasteiger partial charge on any atom is -0.493 e. The Hall–Kier alpha value is -1.44. The van der Waals surface area contributed by atoms with Crippen LogP contribution in [0.4, 0.5) is 0 Å². The molecule has 0 heterocycles. The third-order valence-corrected chi connectivity index (χ3v) is 2.80. The first kappa shape index (κ1) is 14.6. The van der Waals surface area contributed by atoms with Crippen molar-refractivity contribution >= 4 is 11.6 Å².